The molecule has 6 nitrogen and oxygen atoms in total. The minimum Gasteiger partial charge on any atom is -0.504 e. The smallest absolute Gasteiger partial charge is 0.412 e. The van der Waals surface area contributed by atoms with Crippen molar-refractivity contribution < 1.29 is 23.8 Å². The van der Waals surface area contributed by atoms with Gasteiger partial charge in [0.25, 0.3) is 0 Å². The third-order valence-electron chi connectivity index (χ3n) is 4.56. The van der Waals surface area contributed by atoms with Crippen LogP contribution in [0.4, 0.5) is 20.6 Å². The molecule has 1 aliphatic heterocycles. The van der Waals surface area contributed by atoms with Gasteiger partial charge in [0.15, 0.2) is 17.9 Å². The van der Waals surface area contributed by atoms with Crippen LogP contribution in [0.15, 0.2) is 36.4 Å². The van der Waals surface area contributed by atoms with Crippen molar-refractivity contribution in [2.75, 3.05) is 23.3 Å². The third-order valence-corrected chi connectivity index (χ3v) is 4.56. The number of carbonyl (C=O) groups is 2. The number of amides is 1. The predicted octanol–water partition coefficient (Wildman–Crippen LogP) is 4.25. The number of nitrogens with zero attached hydrogens (tertiary/aromatic N) is 1. The molecule has 1 saturated heterocycles. The van der Waals surface area contributed by atoms with E-state index in [4.69, 9.17) is 4.74 Å². The molecule has 0 radical (unpaired) electrons. The summed E-state index contributed by atoms with van der Waals surface area (Å²) < 4.78 is 19.0. The van der Waals surface area contributed by atoms with E-state index >= 15 is 0 Å². The van der Waals surface area contributed by atoms with E-state index in [0.717, 1.165) is 37.7 Å². The van der Waals surface area contributed by atoms with E-state index in [0.29, 0.717) is 12.0 Å². The van der Waals surface area contributed by atoms with Crippen LogP contribution in [0, 0.1) is 5.82 Å². The van der Waals surface area contributed by atoms with Gasteiger partial charge in [-0.15, -0.1) is 0 Å². The summed E-state index contributed by atoms with van der Waals surface area (Å²) in [7, 11) is 0. The Hall–Kier alpha value is -3.09. The second-order valence-corrected chi connectivity index (χ2v) is 6.48. The van der Waals surface area contributed by atoms with Crippen LogP contribution < -0.4 is 10.2 Å². The van der Waals surface area contributed by atoms with Crippen molar-refractivity contribution in [1.82, 2.24) is 0 Å². The van der Waals surface area contributed by atoms with Crippen molar-refractivity contribution in [2.24, 2.45) is 0 Å². The van der Waals surface area contributed by atoms with E-state index in [1.165, 1.54) is 6.07 Å². The van der Waals surface area contributed by atoms with Crippen LogP contribution in [0.2, 0.25) is 0 Å². The van der Waals surface area contributed by atoms with Crippen molar-refractivity contribution in [3.8, 4) is 5.75 Å². The van der Waals surface area contributed by atoms with Crippen LogP contribution in [0.5, 0.6) is 5.75 Å². The number of phenols is 1. The highest BCUT2D eigenvalue weighted by molar-refractivity contribution is 5.85. The highest BCUT2D eigenvalue weighted by atomic mass is 19.1. The van der Waals surface area contributed by atoms with E-state index in [2.05, 4.69) is 10.2 Å². The summed E-state index contributed by atoms with van der Waals surface area (Å²) in [5.41, 5.74) is 1.71. The van der Waals surface area contributed by atoms with Crippen LogP contribution in [0.25, 0.3) is 0 Å². The summed E-state index contributed by atoms with van der Waals surface area (Å²) in [5.74, 6) is -1.66. The van der Waals surface area contributed by atoms with Crippen LogP contribution in [-0.2, 0) is 4.74 Å². The average molecular weight is 372 g/mol. The van der Waals surface area contributed by atoms with Crippen molar-refractivity contribution in [3.05, 3.63) is 53.3 Å². The Morgan fingerprint density at radius 1 is 1.30 bits per heavy atom. The van der Waals surface area contributed by atoms with Gasteiger partial charge in [-0.25, -0.2) is 9.18 Å². The highest BCUT2D eigenvalue weighted by Gasteiger charge is 2.17. The number of carbonyl (C=O) groups excluding carboxylic acids is 2. The molecule has 1 atom stereocenters. The van der Waals surface area contributed by atoms with E-state index in [1.54, 1.807) is 13.0 Å². The van der Waals surface area contributed by atoms with Crippen molar-refractivity contribution in [1.29, 1.82) is 0 Å². The second-order valence-electron chi connectivity index (χ2n) is 6.48. The molecular formula is C20H21FN2O4. The Bertz CT molecular complexity index is 850. The summed E-state index contributed by atoms with van der Waals surface area (Å²) in [6, 6.07) is 9.81. The maximum Gasteiger partial charge on any atom is 0.412 e. The maximum atomic E-state index is 13.7. The van der Waals surface area contributed by atoms with E-state index in [1.807, 2.05) is 18.2 Å². The zero-order chi connectivity index (χ0) is 19.4. The van der Waals surface area contributed by atoms with E-state index in [9.17, 15) is 19.1 Å². The summed E-state index contributed by atoms with van der Waals surface area (Å²) in [6.45, 7) is 3.55. The number of hydrogen-bond donors (Lipinski definition) is 2. The fraction of sp³-hybridized carbons (Fsp3) is 0.300. The molecule has 0 bridgehead atoms. The lowest BCUT2D eigenvalue weighted by atomic mass is 10.1. The number of aldehydes is 1. The first-order chi connectivity index (χ1) is 13.0. The van der Waals surface area contributed by atoms with Gasteiger partial charge in [-0.1, -0.05) is 6.07 Å². The van der Waals surface area contributed by atoms with Gasteiger partial charge in [0, 0.05) is 24.5 Å². The fourth-order valence-corrected chi connectivity index (χ4v) is 3.10. The molecule has 2 N–H and O–H groups in total. The quantitative estimate of drug-likeness (QED) is 0.767. The largest absolute Gasteiger partial charge is 0.504 e. The van der Waals surface area contributed by atoms with E-state index < -0.39 is 23.8 Å². The van der Waals surface area contributed by atoms with Crippen molar-refractivity contribution >= 4 is 23.8 Å². The monoisotopic (exact) mass is 372 g/mol. The Balaban J connectivity index is 1.66. The fourth-order valence-electron chi connectivity index (χ4n) is 3.10. The van der Waals surface area contributed by atoms with Gasteiger partial charge < -0.3 is 14.7 Å². The molecule has 27 heavy (non-hydrogen) atoms. The van der Waals surface area contributed by atoms with Gasteiger partial charge in [0.05, 0.1) is 5.56 Å². The third kappa shape index (κ3) is 4.36. The number of aromatic hydroxyl groups is 1. The molecule has 3 rings (SSSR count). The molecule has 1 aliphatic rings. The molecule has 1 unspecified atom stereocenters. The number of hydrogen-bond acceptors (Lipinski definition) is 5. The van der Waals surface area contributed by atoms with Gasteiger partial charge in [-0.05, 0) is 55.7 Å². The first-order valence-electron chi connectivity index (χ1n) is 8.78. The number of halogens is 1. The molecule has 2 aromatic rings. The zero-order valence-corrected chi connectivity index (χ0v) is 14.9. The minimum atomic E-state index is -0.941. The Kier molecular flexibility index (Phi) is 5.59. The molecule has 1 amide bonds. The Labute approximate surface area is 156 Å². The number of phenolic OH excluding ortho intramolecular Hbond substituents is 1. The van der Waals surface area contributed by atoms with Crippen LogP contribution in [0.1, 0.15) is 41.8 Å². The molecular weight excluding hydrogens is 351 g/mol. The topological polar surface area (TPSA) is 78.9 Å². The first kappa shape index (κ1) is 18.7. The van der Waals surface area contributed by atoms with Gasteiger partial charge in [0.1, 0.15) is 6.10 Å². The standard InChI is InChI=1S/C20H21FN2O4/c1-13(14-9-15(12-24)19(25)18(21)10-14)27-20(26)22-16-5-4-6-17(11-16)23-7-2-3-8-23/h4-6,9-13,25H,2-3,7-8H2,1H3,(H,22,26). The molecule has 1 fully saturated rings. The second kappa shape index (κ2) is 8.07. The molecule has 142 valence electrons. The van der Waals surface area contributed by atoms with Gasteiger partial charge >= 0.3 is 6.09 Å². The Morgan fingerprint density at radius 3 is 2.74 bits per heavy atom. The van der Waals surface area contributed by atoms with Crippen LogP contribution >= 0.6 is 0 Å². The predicted molar refractivity (Wildman–Crippen MR) is 99.9 cm³/mol. The van der Waals surface area contributed by atoms with Gasteiger partial charge in [-0.2, -0.15) is 0 Å². The van der Waals surface area contributed by atoms with Gasteiger partial charge in [-0.3, -0.25) is 10.1 Å². The van der Waals surface area contributed by atoms with Gasteiger partial charge in [0.2, 0.25) is 0 Å². The lowest BCUT2D eigenvalue weighted by molar-refractivity contribution is 0.111. The molecule has 0 aromatic heterocycles. The first-order valence-corrected chi connectivity index (χ1v) is 8.78. The summed E-state index contributed by atoms with van der Waals surface area (Å²) in [6.07, 6.45) is 1.16. The van der Waals surface area contributed by atoms with Crippen LogP contribution in [0.3, 0.4) is 0 Å². The number of ether oxygens (including phenoxy) is 1. The molecule has 1 heterocycles. The lowest BCUT2D eigenvalue weighted by Gasteiger charge is -2.19. The molecule has 2 aromatic carbocycles. The molecule has 7 heteroatoms. The molecule has 0 spiro atoms. The van der Waals surface area contributed by atoms with Crippen molar-refractivity contribution in [3.63, 3.8) is 0 Å². The number of anilines is 2. The average Bonchev–Trinajstić information content (AvgIpc) is 3.18. The highest BCUT2D eigenvalue weighted by Crippen LogP contribution is 2.27. The SMILES string of the molecule is CC(OC(=O)Nc1cccc(N2CCCC2)c1)c1cc(F)c(O)c(C=O)c1. The maximum absolute atomic E-state index is 13.7. The Morgan fingerprint density at radius 2 is 2.04 bits per heavy atom. The minimum absolute atomic E-state index is 0.195. The molecule has 0 aliphatic carbocycles. The number of nitrogens with one attached hydrogen (secondary N) is 1. The number of rotatable bonds is 5. The normalized spacial score (nSPS) is 14.7. The summed E-state index contributed by atoms with van der Waals surface area (Å²) in [5, 5.41) is 12.1. The summed E-state index contributed by atoms with van der Waals surface area (Å²) >= 11 is 0. The van der Waals surface area contributed by atoms with E-state index in [-0.39, 0.29) is 11.1 Å². The van der Waals surface area contributed by atoms with Crippen molar-refractivity contribution in [2.45, 2.75) is 25.9 Å². The number of benzene rings is 2. The van der Waals surface area contributed by atoms with Crippen LogP contribution in [-0.4, -0.2) is 30.6 Å². The molecule has 0 saturated carbocycles. The summed E-state index contributed by atoms with van der Waals surface area (Å²) in [4.78, 5) is 25.3. The zero-order valence-electron chi connectivity index (χ0n) is 14.9. The lowest BCUT2D eigenvalue weighted by Crippen LogP contribution is -2.19.